The molecule has 0 saturated heterocycles. The van der Waals surface area contributed by atoms with Crippen molar-refractivity contribution in [2.24, 2.45) is 5.11 Å². The van der Waals surface area contributed by atoms with Gasteiger partial charge in [-0.05, 0) is 24.6 Å². The molecule has 1 atom stereocenters. The molecule has 0 spiro atoms. The van der Waals surface area contributed by atoms with Gasteiger partial charge in [0.1, 0.15) is 6.04 Å². The van der Waals surface area contributed by atoms with Crippen molar-refractivity contribution < 1.29 is 19.9 Å². The number of aldehydes is 1. The molecule has 100 valence electrons. The number of amides is 1. The molecule has 0 heterocycles. The van der Waals surface area contributed by atoms with E-state index < -0.39 is 17.7 Å². The summed E-state index contributed by atoms with van der Waals surface area (Å²) in [5.41, 5.74) is 8.73. The van der Waals surface area contributed by atoms with Gasteiger partial charge in [0.15, 0.2) is 6.29 Å². The van der Waals surface area contributed by atoms with Gasteiger partial charge >= 0.3 is 0 Å². The molecule has 0 aliphatic carbocycles. The third-order valence-corrected chi connectivity index (χ3v) is 2.13. The number of hydrogen-bond acceptors (Lipinski definition) is 4. The normalized spacial score (nSPS) is 10.4. The zero-order valence-corrected chi connectivity index (χ0v) is 10.0. The monoisotopic (exact) mass is 264 g/mol. The number of anilines is 1. The van der Waals surface area contributed by atoms with Crippen LogP contribution >= 0.6 is 0 Å². The van der Waals surface area contributed by atoms with Crippen LogP contribution in [0.4, 0.5) is 5.69 Å². The number of carbonyl (C=O) groups is 3. The molecule has 0 aromatic heterocycles. The summed E-state index contributed by atoms with van der Waals surface area (Å²) < 4.78 is 0. The molecule has 0 radical (unpaired) electrons. The summed E-state index contributed by atoms with van der Waals surface area (Å²) >= 11 is 0. The first kappa shape index (κ1) is 16.3. The van der Waals surface area contributed by atoms with Crippen molar-refractivity contribution in [3.05, 3.63) is 40.3 Å². The number of carbonyl (C=O) groups excluding carboxylic acids is 3. The first-order valence-electron chi connectivity index (χ1n) is 5.03. The fraction of sp³-hybridized carbons (Fsp3) is 0.182. The lowest BCUT2D eigenvalue weighted by Crippen LogP contribution is -2.23. The average Bonchev–Trinajstić information content (AvgIpc) is 2.38. The Labute approximate surface area is 108 Å². The quantitative estimate of drug-likeness (QED) is 0.210. The van der Waals surface area contributed by atoms with Crippen molar-refractivity contribution in [3.8, 4) is 0 Å². The molecule has 0 saturated carbocycles. The maximum atomic E-state index is 11.5. The molecule has 0 fully saturated rings. The third kappa shape index (κ3) is 4.58. The van der Waals surface area contributed by atoms with E-state index in [4.69, 9.17) is 5.53 Å². The van der Waals surface area contributed by atoms with Gasteiger partial charge < -0.3 is 10.8 Å². The van der Waals surface area contributed by atoms with Crippen LogP contribution in [0.25, 0.3) is 10.4 Å². The lowest BCUT2D eigenvalue weighted by atomic mass is 10.1. The van der Waals surface area contributed by atoms with Crippen LogP contribution in [-0.4, -0.2) is 29.5 Å². The Morgan fingerprint density at radius 3 is 2.74 bits per heavy atom. The van der Waals surface area contributed by atoms with E-state index in [1.807, 2.05) is 0 Å². The van der Waals surface area contributed by atoms with Crippen molar-refractivity contribution in [1.82, 2.24) is 0 Å². The molecule has 1 aromatic rings. The Kier molecular flexibility index (Phi) is 6.51. The summed E-state index contributed by atoms with van der Waals surface area (Å²) in [5.74, 6) is -1.17. The van der Waals surface area contributed by atoms with Gasteiger partial charge in [-0.1, -0.05) is 17.2 Å². The molecule has 0 aliphatic rings. The Hall–Kier alpha value is -2.70. The first-order chi connectivity index (χ1) is 8.58. The molecule has 8 heteroatoms. The SMILES string of the molecule is CC(N=[N+]=[N-])C(=O)Nc1cccc(C(=O)C=O)c1.O. The van der Waals surface area contributed by atoms with Gasteiger partial charge in [-0.3, -0.25) is 14.4 Å². The fourth-order valence-corrected chi connectivity index (χ4v) is 1.19. The van der Waals surface area contributed by atoms with Gasteiger partial charge in [-0.25, -0.2) is 0 Å². The first-order valence-corrected chi connectivity index (χ1v) is 5.03. The summed E-state index contributed by atoms with van der Waals surface area (Å²) in [6, 6.07) is 5.06. The minimum Gasteiger partial charge on any atom is -0.412 e. The zero-order chi connectivity index (χ0) is 13.5. The second-order valence-corrected chi connectivity index (χ2v) is 3.43. The van der Waals surface area contributed by atoms with E-state index in [1.54, 1.807) is 6.07 Å². The number of nitrogens with one attached hydrogen (secondary N) is 1. The molecule has 8 nitrogen and oxygen atoms in total. The molecule has 1 amide bonds. The van der Waals surface area contributed by atoms with Gasteiger partial charge in [0.2, 0.25) is 11.7 Å². The number of azide groups is 1. The van der Waals surface area contributed by atoms with E-state index >= 15 is 0 Å². The van der Waals surface area contributed by atoms with Crippen molar-refractivity contribution in [1.29, 1.82) is 0 Å². The highest BCUT2D eigenvalue weighted by atomic mass is 16.2. The Bertz CT molecular complexity index is 537. The second-order valence-electron chi connectivity index (χ2n) is 3.43. The van der Waals surface area contributed by atoms with Crippen molar-refractivity contribution >= 4 is 23.7 Å². The van der Waals surface area contributed by atoms with Crippen LogP contribution in [-0.2, 0) is 9.59 Å². The highest BCUT2D eigenvalue weighted by Crippen LogP contribution is 2.11. The highest BCUT2D eigenvalue weighted by molar-refractivity contribution is 6.33. The zero-order valence-electron chi connectivity index (χ0n) is 10.0. The van der Waals surface area contributed by atoms with Crippen LogP contribution in [0.2, 0.25) is 0 Å². The van der Waals surface area contributed by atoms with Gasteiger partial charge in [0.25, 0.3) is 0 Å². The van der Waals surface area contributed by atoms with E-state index in [-0.39, 0.29) is 17.3 Å². The second kappa shape index (κ2) is 7.59. The molecule has 3 N–H and O–H groups in total. The van der Waals surface area contributed by atoms with Gasteiger partial charge in [0.05, 0.1) is 0 Å². The maximum Gasteiger partial charge on any atom is 0.233 e. The van der Waals surface area contributed by atoms with Crippen LogP contribution in [0.5, 0.6) is 0 Å². The van der Waals surface area contributed by atoms with Crippen LogP contribution in [0.3, 0.4) is 0 Å². The van der Waals surface area contributed by atoms with Crippen molar-refractivity contribution in [3.63, 3.8) is 0 Å². The molecule has 0 aliphatic heterocycles. The van der Waals surface area contributed by atoms with Crippen LogP contribution in [0.1, 0.15) is 17.3 Å². The Morgan fingerprint density at radius 1 is 1.47 bits per heavy atom. The number of Topliss-reactive ketones (excluding diaryl/α,β-unsaturated/α-hetero) is 1. The van der Waals surface area contributed by atoms with Crippen LogP contribution < -0.4 is 5.32 Å². The van der Waals surface area contributed by atoms with E-state index in [2.05, 4.69) is 15.3 Å². The Balaban J connectivity index is 0.00000324. The molecular formula is C11H12N4O4. The summed E-state index contributed by atoms with van der Waals surface area (Å²) in [6.45, 7) is 1.44. The average molecular weight is 264 g/mol. The van der Waals surface area contributed by atoms with Crippen molar-refractivity contribution in [2.75, 3.05) is 5.32 Å². The standard InChI is InChI=1S/C11H10N4O3.H2O/c1-7(14-15-12)11(18)13-9-4-2-3-8(5-9)10(17)6-16;/h2-7H,1H3,(H,13,18);1H2. The molecule has 19 heavy (non-hydrogen) atoms. The minimum atomic E-state index is -0.861. The van der Waals surface area contributed by atoms with E-state index in [0.717, 1.165) is 0 Å². The molecule has 1 rings (SSSR count). The predicted molar refractivity (Wildman–Crippen MR) is 67.7 cm³/mol. The number of benzene rings is 1. The van der Waals surface area contributed by atoms with Crippen molar-refractivity contribution in [2.45, 2.75) is 13.0 Å². The lowest BCUT2D eigenvalue weighted by molar-refractivity contribution is -0.117. The van der Waals surface area contributed by atoms with E-state index in [1.165, 1.54) is 25.1 Å². The summed E-state index contributed by atoms with van der Waals surface area (Å²) in [7, 11) is 0. The van der Waals surface area contributed by atoms with Gasteiger partial charge in [-0.2, -0.15) is 0 Å². The van der Waals surface area contributed by atoms with E-state index in [9.17, 15) is 14.4 Å². The Morgan fingerprint density at radius 2 is 2.16 bits per heavy atom. The largest absolute Gasteiger partial charge is 0.412 e. The van der Waals surface area contributed by atoms with E-state index in [0.29, 0.717) is 5.69 Å². The van der Waals surface area contributed by atoms with Gasteiger partial charge in [0, 0.05) is 16.2 Å². The smallest absolute Gasteiger partial charge is 0.233 e. The third-order valence-electron chi connectivity index (χ3n) is 2.13. The minimum absolute atomic E-state index is 0. The molecule has 1 unspecified atom stereocenters. The highest BCUT2D eigenvalue weighted by Gasteiger charge is 2.11. The van der Waals surface area contributed by atoms with Gasteiger partial charge in [-0.15, -0.1) is 0 Å². The number of nitrogens with zero attached hydrogens (tertiary/aromatic N) is 3. The summed E-state index contributed by atoms with van der Waals surface area (Å²) in [4.78, 5) is 35.5. The fourth-order valence-electron chi connectivity index (χ4n) is 1.19. The molecule has 0 bridgehead atoms. The number of ketones is 1. The topological polar surface area (TPSA) is 144 Å². The summed E-state index contributed by atoms with van der Waals surface area (Å²) in [6.07, 6.45) is 0.198. The maximum absolute atomic E-state index is 11.5. The predicted octanol–water partition coefficient (Wildman–Crippen LogP) is 0.881. The lowest BCUT2D eigenvalue weighted by Gasteiger charge is -2.07. The van der Waals surface area contributed by atoms with Crippen LogP contribution in [0.15, 0.2) is 29.4 Å². The molecular weight excluding hydrogens is 252 g/mol. The summed E-state index contributed by atoms with van der Waals surface area (Å²) in [5, 5.41) is 5.71. The number of hydrogen-bond donors (Lipinski definition) is 1. The number of rotatable bonds is 5. The van der Waals surface area contributed by atoms with Crippen LogP contribution in [0, 0.1) is 0 Å². The molecule has 1 aromatic carbocycles.